The third-order valence-electron chi connectivity index (χ3n) is 4.82. The molecular formula is C22H28N2O2. The van der Waals surface area contributed by atoms with Gasteiger partial charge in [0.25, 0.3) is 5.91 Å². The fraction of sp³-hybridized carbons (Fsp3) is 0.409. The van der Waals surface area contributed by atoms with Crippen LogP contribution in [0.1, 0.15) is 30.9 Å². The number of fused-ring (bicyclic) bond motifs is 1. The fourth-order valence-electron chi connectivity index (χ4n) is 3.41. The van der Waals surface area contributed by atoms with Gasteiger partial charge in [0.2, 0.25) is 0 Å². The first-order valence-corrected chi connectivity index (χ1v) is 9.51. The molecular weight excluding hydrogens is 324 g/mol. The zero-order valence-electron chi connectivity index (χ0n) is 15.7. The predicted molar refractivity (Wildman–Crippen MR) is 106 cm³/mol. The summed E-state index contributed by atoms with van der Waals surface area (Å²) in [6.45, 7) is 6.70. The lowest BCUT2D eigenvalue weighted by molar-refractivity contribution is -0.128. The predicted octanol–water partition coefficient (Wildman–Crippen LogP) is 3.72. The minimum absolute atomic E-state index is 0.0316. The molecule has 0 unspecified atom stereocenters. The van der Waals surface area contributed by atoms with Crippen molar-refractivity contribution >= 4 is 11.6 Å². The first kappa shape index (κ1) is 18.3. The van der Waals surface area contributed by atoms with Gasteiger partial charge in [-0.1, -0.05) is 37.3 Å². The van der Waals surface area contributed by atoms with Crippen LogP contribution in [0.2, 0.25) is 0 Å². The molecule has 4 heteroatoms. The van der Waals surface area contributed by atoms with Crippen molar-refractivity contribution in [2.45, 2.75) is 39.2 Å². The maximum absolute atomic E-state index is 12.4. The lowest BCUT2D eigenvalue weighted by Gasteiger charge is -2.20. The largest absolute Gasteiger partial charge is 0.481 e. The van der Waals surface area contributed by atoms with Crippen molar-refractivity contribution in [2.24, 2.45) is 0 Å². The average Bonchev–Trinajstić information content (AvgIpc) is 3.06. The van der Waals surface area contributed by atoms with Gasteiger partial charge in [0.05, 0.1) is 0 Å². The summed E-state index contributed by atoms with van der Waals surface area (Å²) in [4.78, 5) is 14.8. The molecule has 138 valence electrons. The number of carbonyl (C=O) groups is 1. The molecule has 0 saturated carbocycles. The molecule has 3 rings (SSSR count). The third kappa shape index (κ3) is 4.57. The number of benzene rings is 2. The van der Waals surface area contributed by atoms with Gasteiger partial charge in [-0.25, -0.2) is 0 Å². The Morgan fingerprint density at radius 2 is 2.08 bits per heavy atom. The van der Waals surface area contributed by atoms with Crippen LogP contribution in [-0.4, -0.2) is 31.6 Å². The van der Waals surface area contributed by atoms with Gasteiger partial charge >= 0.3 is 0 Å². The standard InChI is InChI=1S/C22H28N2O2/c1-3-21(26-19-10-6-8-17(2)16-19)22(25)23-13-7-14-24-15-12-18-9-4-5-11-20(18)24/h4-6,8-11,16,21H,3,7,12-15H2,1-2H3,(H,23,25)/t21-/m0/s1. The van der Waals surface area contributed by atoms with Gasteiger partial charge in [0, 0.05) is 25.3 Å². The van der Waals surface area contributed by atoms with Gasteiger partial charge in [0.15, 0.2) is 6.10 Å². The van der Waals surface area contributed by atoms with E-state index in [0.717, 1.165) is 37.2 Å². The first-order valence-electron chi connectivity index (χ1n) is 9.51. The van der Waals surface area contributed by atoms with Gasteiger partial charge in [-0.2, -0.15) is 0 Å². The number of aryl methyl sites for hydroxylation is 1. The Morgan fingerprint density at radius 3 is 2.88 bits per heavy atom. The van der Waals surface area contributed by atoms with E-state index in [-0.39, 0.29) is 5.91 Å². The number of ether oxygens (including phenoxy) is 1. The van der Waals surface area contributed by atoms with Crippen LogP contribution in [0.5, 0.6) is 5.75 Å². The SMILES string of the molecule is CC[C@H](Oc1cccc(C)c1)C(=O)NCCCN1CCc2ccccc21. The quantitative estimate of drug-likeness (QED) is 0.736. The van der Waals surface area contributed by atoms with Gasteiger partial charge in [-0.3, -0.25) is 4.79 Å². The van der Waals surface area contributed by atoms with Crippen LogP contribution in [0.4, 0.5) is 5.69 Å². The molecule has 1 amide bonds. The normalized spacial score (nSPS) is 14.0. The zero-order chi connectivity index (χ0) is 18.4. The number of nitrogens with one attached hydrogen (secondary N) is 1. The number of hydrogen-bond acceptors (Lipinski definition) is 3. The summed E-state index contributed by atoms with van der Waals surface area (Å²) in [5.41, 5.74) is 3.89. The Labute approximate surface area is 156 Å². The van der Waals surface area contributed by atoms with Gasteiger partial charge < -0.3 is 15.0 Å². The lowest BCUT2D eigenvalue weighted by Crippen LogP contribution is -2.39. The van der Waals surface area contributed by atoms with Crippen LogP contribution in [0.3, 0.4) is 0 Å². The molecule has 26 heavy (non-hydrogen) atoms. The summed E-state index contributed by atoms with van der Waals surface area (Å²) in [6.07, 6.45) is 2.26. The van der Waals surface area contributed by atoms with Crippen molar-refractivity contribution in [3.63, 3.8) is 0 Å². The van der Waals surface area contributed by atoms with Gasteiger partial charge in [0.1, 0.15) is 5.75 Å². The van der Waals surface area contributed by atoms with Crippen molar-refractivity contribution in [3.8, 4) is 5.75 Å². The van der Waals surface area contributed by atoms with E-state index in [9.17, 15) is 4.79 Å². The lowest BCUT2D eigenvalue weighted by atomic mass is 10.2. The van der Waals surface area contributed by atoms with E-state index in [4.69, 9.17) is 4.74 Å². The minimum atomic E-state index is -0.440. The molecule has 0 radical (unpaired) electrons. The molecule has 0 bridgehead atoms. The Morgan fingerprint density at radius 1 is 1.23 bits per heavy atom. The van der Waals surface area contributed by atoms with Gasteiger partial charge in [-0.05, 0) is 55.5 Å². The number of rotatable bonds is 8. The monoisotopic (exact) mass is 352 g/mol. The maximum atomic E-state index is 12.4. The number of nitrogens with zero attached hydrogens (tertiary/aromatic N) is 1. The number of carbonyl (C=O) groups excluding carboxylic acids is 1. The molecule has 2 aromatic rings. The second-order valence-corrected chi connectivity index (χ2v) is 6.84. The summed E-state index contributed by atoms with van der Waals surface area (Å²) >= 11 is 0. The minimum Gasteiger partial charge on any atom is -0.481 e. The highest BCUT2D eigenvalue weighted by molar-refractivity contribution is 5.81. The number of para-hydroxylation sites is 1. The smallest absolute Gasteiger partial charge is 0.261 e. The summed E-state index contributed by atoms with van der Waals surface area (Å²) in [5, 5.41) is 3.03. The highest BCUT2D eigenvalue weighted by atomic mass is 16.5. The molecule has 1 N–H and O–H groups in total. The van der Waals surface area contributed by atoms with E-state index >= 15 is 0 Å². The van der Waals surface area contributed by atoms with Crippen molar-refractivity contribution < 1.29 is 9.53 Å². The van der Waals surface area contributed by atoms with Crippen molar-refractivity contribution in [1.29, 1.82) is 0 Å². The number of amides is 1. The van der Waals surface area contributed by atoms with E-state index in [1.54, 1.807) is 0 Å². The maximum Gasteiger partial charge on any atom is 0.261 e. The second kappa shape index (κ2) is 8.75. The van der Waals surface area contributed by atoms with Crippen LogP contribution in [0.25, 0.3) is 0 Å². The van der Waals surface area contributed by atoms with E-state index in [2.05, 4.69) is 34.5 Å². The average molecular weight is 352 g/mol. The van der Waals surface area contributed by atoms with Crippen molar-refractivity contribution in [1.82, 2.24) is 5.32 Å². The Hall–Kier alpha value is -2.49. The Bertz CT molecular complexity index is 744. The zero-order valence-corrected chi connectivity index (χ0v) is 15.7. The van der Waals surface area contributed by atoms with E-state index in [1.165, 1.54) is 11.3 Å². The fourth-order valence-corrected chi connectivity index (χ4v) is 3.41. The third-order valence-corrected chi connectivity index (χ3v) is 4.82. The topological polar surface area (TPSA) is 41.6 Å². The highest BCUT2D eigenvalue weighted by Gasteiger charge is 2.19. The van der Waals surface area contributed by atoms with Crippen LogP contribution in [0, 0.1) is 6.92 Å². The van der Waals surface area contributed by atoms with E-state index < -0.39 is 6.10 Å². The summed E-state index contributed by atoms with van der Waals surface area (Å²) in [6, 6.07) is 16.4. The molecule has 0 spiro atoms. The van der Waals surface area contributed by atoms with Crippen LogP contribution in [0.15, 0.2) is 48.5 Å². The van der Waals surface area contributed by atoms with E-state index in [1.807, 2.05) is 38.1 Å². The van der Waals surface area contributed by atoms with Gasteiger partial charge in [-0.15, -0.1) is 0 Å². The summed E-state index contributed by atoms with van der Waals surface area (Å²) in [5.74, 6) is 0.719. The molecule has 4 nitrogen and oxygen atoms in total. The van der Waals surface area contributed by atoms with Crippen molar-refractivity contribution in [3.05, 3.63) is 59.7 Å². The Balaban J connectivity index is 1.43. The van der Waals surface area contributed by atoms with Crippen LogP contribution >= 0.6 is 0 Å². The highest BCUT2D eigenvalue weighted by Crippen LogP contribution is 2.27. The summed E-state index contributed by atoms with van der Waals surface area (Å²) in [7, 11) is 0. The number of anilines is 1. The first-order chi connectivity index (χ1) is 12.7. The molecule has 1 heterocycles. The van der Waals surface area contributed by atoms with Crippen LogP contribution < -0.4 is 15.0 Å². The molecule has 0 aliphatic carbocycles. The molecule has 0 saturated heterocycles. The molecule has 1 aliphatic rings. The molecule has 1 atom stereocenters. The molecule has 1 aliphatic heterocycles. The second-order valence-electron chi connectivity index (χ2n) is 6.84. The number of hydrogen-bond donors (Lipinski definition) is 1. The Kier molecular flexibility index (Phi) is 6.16. The summed E-state index contributed by atoms with van der Waals surface area (Å²) < 4.78 is 5.86. The van der Waals surface area contributed by atoms with Crippen LogP contribution in [-0.2, 0) is 11.2 Å². The van der Waals surface area contributed by atoms with Crippen molar-refractivity contribution in [2.75, 3.05) is 24.5 Å². The van der Waals surface area contributed by atoms with E-state index in [0.29, 0.717) is 13.0 Å². The molecule has 0 fully saturated rings. The molecule has 2 aromatic carbocycles. The molecule has 0 aromatic heterocycles.